The fraction of sp³-hybridized carbons (Fsp3) is 0.435. The second kappa shape index (κ2) is 8.00. The maximum atomic E-state index is 13.4. The molecule has 0 saturated carbocycles. The number of hydrogen-bond donors (Lipinski definition) is 0. The normalized spacial score (nSPS) is 13.6. The number of aryl methyl sites for hydroxylation is 3. The summed E-state index contributed by atoms with van der Waals surface area (Å²) in [5.74, 6) is 0.884. The molecule has 0 saturated heterocycles. The minimum Gasteiger partial charge on any atom is -0.300 e. The predicted molar refractivity (Wildman–Crippen MR) is 115 cm³/mol. The minimum atomic E-state index is -0.0105. The third-order valence-electron chi connectivity index (χ3n) is 5.59. The average Bonchev–Trinajstić information content (AvgIpc) is 3.11. The van der Waals surface area contributed by atoms with Crippen LogP contribution in [-0.4, -0.2) is 15.3 Å². The summed E-state index contributed by atoms with van der Waals surface area (Å²) in [5, 5.41) is 2.76. The second-order valence-corrected chi connectivity index (χ2v) is 8.57. The summed E-state index contributed by atoms with van der Waals surface area (Å²) >= 11 is 1.54. The number of ketones is 1. The lowest BCUT2D eigenvalue weighted by Gasteiger charge is -2.16. The number of rotatable bonds is 6. The Morgan fingerprint density at radius 3 is 2.75 bits per heavy atom. The van der Waals surface area contributed by atoms with E-state index >= 15 is 0 Å². The fourth-order valence-electron chi connectivity index (χ4n) is 4.09. The number of benzene rings is 1. The largest absolute Gasteiger partial charge is 0.300 e. The van der Waals surface area contributed by atoms with Crippen LogP contribution in [0.3, 0.4) is 0 Å². The Morgan fingerprint density at radius 2 is 2.00 bits per heavy atom. The average molecular weight is 395 g/mol. The van der Waals surface area contributed by atoms with Crippen LogP contribution < -0.4 is 5.56 Å². The van der Waals surface area contributed by atoms with Crippen molar-refractivity contribution in [3.05, 3.63) is 50.9 Å². The molecule has 0 unspecified atom stereocenters. The molecule has 28 heavy (non-hydrogen) atoms. The molecule has 0 fully saturated rings. The molecule has 1 aromatic carbocycles. The van der Waals surface area contributed by atoms with Crippen molar-refractivity contribution in [3.8, 4) is 11.1 Å². The first-order valence-corrected chi connectivity index (χ1v) is 11.1. The number of carbonyl (C=O) groups excluding carboxylic acids is 1. The summed E-state index contributed by atoms with van der Waals surface area (Å²) in [6.07, 6.45) is 6.80. The Labute approximate surface area is 169 Å². The van der Waals surface area contributed by atoms with Crippen molar-refractivity contribution in [1.29, 1.82) is 0 Å². The van der Waals surface area contributed by atoms with Crippen LogP contribution in [0.2, 0.25) is 0 Å². The van der Waals surface area contributed by atoms with Gasteiger partial charge in [-0.3, -0.25) is 14.2 Å². The molecule has 0 spiro atoms. The molecule has 0 bridgehead atoms. The highest BCUT2D eigenvalue weighted by molar-refractivity contribution is 7.17. The Kier molecular flexibility index (Phi) is 5.44. The standard InChI is InChI=1S/C23H26N2O2S/c1-3-6-20-24-22-21(23(27)25(20)12-11-15(2)26)19(14-28-22)18-10-9-16-7-4-5-8-17(16)13-18/h9-10,13-14H,3-8,11-12H2,1-2H3. The molecule has 0 radical (unpaired) electrons. The molecule has 2 heterocycles. The van der Waals surface area contributed by atoms with Crippen LogP contribution >= 0.6 is 11.3 Å². The number of Topliss-reactive ketones (excluding diaryl/α,β-unsaturated/α-hetero) is 1. The van der Waals surface area contributed by atoms with Gasteiger partial charge >= 0.3 is 0 Å². The zero-order valence-electron chi connectivity index (χ0n) is 16.6. The van der Waals surface area contributed by atoms with Crippen LogP contribution in [0.1, 0.15) is 56.5 Å². The van der Waals surface area contributed by atoms with E-state index in [1.165, 1.54) is 24.0 Å². The number of nitrogens with zero attached hydrogens (tertiary/aromatic N) is 2. The van der Waals surface area contributed by atoms with E-state index in [9.17, 15) is 9.59 Å². The maximum absolute atomic E-state index is 13.4. The fourth-order valence-corrected chi connectivity index (χ4v) is 5.05. The van der Waals surface area contributed by atoms with E-state index in [0.29, 0.717) is 18.4 Å². The molecule has 0 N–H and O–H groups in total. The SMILES string of the molecule is CCCc1nc2scc(-c3ccc4c(c3)CCCC4)c2c(=O)n1CCC(C)=O. The molecule has 0 aliphatic heterocycles. The summed E-state index contributed by atoms with van der Waals surface area (Å²) in [5.41, 5.74) is 4.92. The third-order valence-corrected chi connectivity index (χ3v) is 6.47. The van der Waals surface area contributed by atoms with Gasteiger partial charge in [-0.05, 0) is 55.7 Å². The van der Waals surface area contributed by atoms with Crippen molar-refractivity contribution in [1.82, 2.24) is 9.55 Å². The van der Waals surface area contributed by atoms with Gasteiger partial charge in [0, 0.05) is 30.3 Å². The number of thiophene rings is 1. The van der Waals surface area contributed by atoms with Crippen LogP contribution in [-0.2, 0) is 30.6 Å². The molecular weight excluding hydrogens is 368 g/mol. The monoisotopic (exact) mass is 394 g/mol. The molecule has 4 nitrogen and oxygen atoms in total. The highest BCUT2D eigenvalue weighted by Crippen LogP contribution is 2.34. The van der Waals surface area contributed by atoms with Gasteiger partial charge in [0.2, 0.25) is 0 Å². The minimum absolute atomic E-state index is 0.0105. The van der Waals surface area contributed by atoms with Gasteiger partial charge in [-0.2, -0.15) is 0 Å². The molecule has 1 aliphatic carbocycles. The van der Waals surface area contributed by atoms with Crippen molar-refractivity contribution in [2.45, 2.75) is 65.3 Å². The molecule has 146 valence electrons. The van der Waals surface area contributed by atoms with Gasteiger partial charge in [-0.25, -0.2) is 4.98 Å². The van der Waals surface area contributed by atoms with Gasteiger partial charge in [0.15, 0.2) is 0 Å². The maximum Gasteiger partial charge on any atom is 0.262 e. The van der Waals surface area contributed by atoms with Gasteiger partial charge in [0.25, 0.3) is 5.56 Å². The van der Waals surface area contributed by atoms with Crippen LogP contribution in [0.5, 0.6) is 0 Å². The quantitative estimate of drug-likeness (QED) is 0.595. The molecule has 2 aromatic heterocycles. The first-order chi connectivity index (χ1) is 13.6. The lowest BCUT2D eigenvalue weighted by molar-refractivity contribution is -0.117. The lowest BCUT2D eigenvalue weighted by atomic mass is 9.89. The van der Waals surface area contributed by atoms with Gasteiger partial charge in [-0.1, -0.05) is 25.1 Å². The zero-order valence-corrected chi connectivity index (χ0v) is 17.4. The van der Waals surface area contributed by atoms with Gasteiger partial charge in [0.05, 0.1) is 5.39 Å². The van der Waals surface area contributed by atoms with E-state index in [1.54, 1.807) is 22.8 Å². The lowest BCUT2D eigenvalue weighted by Crippen LogP contribution is -2.26. The summed E-state index contributed by atoms with van der Waals surface area (Å²) in [6, 6.07) is 6.63. The van der Waals surface area contributed by atoms with E-state index in [1.807, 2.05) is 0 Å². The highest BCUT2D eigenvalue weighted by Gasteiger charge is 2.18. The van der Waals surface area contributed by atoms with Gasteiger partial charge in [-0.15, -0.1) is 11.3 Å². The van der Waals surface area contributed by atoms with Crippen LogP contribution in [0, 0.1) is 0 Å². The Balaban J connectivity index is 1.85. The number of carbonyl (C=O) groups is 1. The molecule has 5 heteroatoms. The van der Waals surface area contributed by atoms with Crippen LogP contribution in [0.4, 0.5) is 0 Å². The highest BCUT2D eigenvalue weighted by atomic mass is 32.1. The first-order valence-electron chi connectivity index (χ1n) is 10.2. The first kappa shape index (κ1) is 19.1. The summed E-state index contributed by atoms with van der Waals surface area (Å²) in [7, 11) is 0. The molecule has 4 rings (SSSR count). The van der Waals surface area contributed by atoms with E-state index in [0.717, 1.165) is 47.5 Å². The molecule has 0 atom stereocenters. The van der Waals surface area contributed by atoms with Crippen molar-refractivity contribution >= 4 is 27.3 Å². The van der Waals surface area contributed by atoms with E-state index in [4.69, 9.17) is 4.98 Å². The van der Waals surface area contributed by atoms with Gasteiger partial charge < -0.3 is 0 Å². The smallest absolute Gasteiger partial charge is 0.262 e. The van der Waals surface area contributed by atoms with Crippen LogP contribution in [0.15, 0.2) is 28.4 Å². The molecule has 1 aliphatic rings. The summed E-state index contributed by atoms with van der Waals surface area (Å²) in [4.78, 5) is 30.5. The number of hydrogen-bond acceptors (Lipinski definition) is 4. The summed E-state index contributed by atoms with van der Waals surface area (Å²) < 4.78 is 1.72. The van der Waals surface area contributed by atoms with E-state index in [-0.39, 0.29) is 11.3 Å². The molecule has 3 aromatic rings. The molecule has 0 amide bonds. The topological polar surface area (TPSA) is 52.0 Å². The summed E-state index contributed by atoms with van der Waals surface area (Å²) in [6.45, 7) is 4.06. The molecular formula is C23H26N2O2S. The predicted octanol–water partition coefficient (Wildman–Crippen LogP) is 4.94. The second-order valence-electron chi connectivity index (χ2n) is 7.71. The van der Waals surface area contributed by atoms with Gasteiger partial charge in [0.1, 0.15) is 16.4 Å². The van der Waals surface area contributed by atoms with Crippen molar-refractivity contribution in [2.24, 2.45) is 0 Å². The van der Waals surface area contributed by atoms with E-state index < -0.39 is 0 Å². The number of aromatic nitrogens is 2. The van der Waals surface area contributed by atoms with Crippen molar-refractivity contribution in [2.75, 3.05) is 0 Å². The Morgan fingerprint density at radius 1 is 1.21 bits per heavy atom. The van der Waals surface area contributed by atoms with Crippen molar-refractivity contribution in [3.63, 3.8) is 0 Å². The van der Waals surface area contributed by atoms with E-state index in [2.05, 4.69) is 30.5 Å². The number of fused-ring (bicyclic) bond motifs is 2. The Bertz CT molecular complexity index is 1090. The zero-order chi connectivity index (χ0) is 19.7. The third kappa shape index (κ3) is 3.55. The van der Waals surface area contributed by atoms with Crippen molar-refractivity contribution < 1.29 is 4.79 Å². The van der Waals surface area contributed by atoms with Crippen LogP contribution in [0.25, 0.3) is 21.3 Å². The Hall–Kier alpha value is -2.27.